The Morgan fingerprint density at radius 3 is 2.35 bits per heavy atom. The van der Waals surface area contributed by atoms with E-state index in [1.807, 2.05) is 0 Å². The first kappa shape index (κ1) is 24.8. The summed E-state index contributed by atoms with van der Waals surface area (Å²) in [6.45, 7) is -0.107. The van der Waals surface area contributed by atoms with Crippen molar-refractivity contribution in [2.24, 2.45) is 5.41 Å². The van der Waals surface area contributed by atoms with E-state index in [-0.39, 0.29) is 16.5 Å². The number of aromatic amines is 1. The van der Waals surface area contributed by atoms with Crippen LogP contribution in [-0.4, -0.2) is 40.8 Å². The van der Waals surface area contributed by atoms with E-state index < -0.39 is 63.2 Å². The molecule has 1 aromatic heterocycles. The molecule has 0 bridgehead atoms. The first-order chi connectivity index (χ1) is 15.6. The van der Waals surface area contributed by atoms with E-state index in [0.29, 0.717) is 24.6 Å². The Morgan fingerprint density at radius 1 is 1.18 bits per heavy atom. The van der Waals surface area contributed by atoms with Gasteiger partial charge in [-0.3, -0.25) is 0 Å². The van der Waals surface area contributed by atoms with E-state index in [2.05, 4.69) is 9.97 Å². The van der Waals surface area contributed by atoms with E-state index >= 15 is 4.39 Å². The number of halogens is 7. The molecule has 2 aromatic rings. The molecule has 6 nitrogen and oxygen atoms in total. The van der Waals surface area contributed by atoms with E-state index in [0.717, 1.165) is 12.5 Å². The molecule has 34 heavy (non-hydrogen) atoms. The molecule has 4 rings (SSSR count). The van der Waals surface area contributed by atoms with Crippen molar-refractivity contribution >= 4 is 15.7 Å². The fourth-order valence-electron chi connectivity index (χ4n) is 4.69. The van der Waals surface area contributed by atoms with Crippen LogP contribution in [0.5, 0.6) is 0 Å². The maximum Gasteiger partial charge on any atom is 0.511 e. The van der Waals surface area contributed by atoms with Gasteiger partial charge in [-0.15, -0.1) is 0 Å². The summed E-state index contributed by atoms with van der Waals surface area (Å²) >= 11 is 0. The Labute approximate surface area is 190 Å². The average Bonchev–Trinajstić information content (AvgIpc) is 3.13. The zero-order chi connectivity index (χ0) is 25.1. The van der Waals surface area contributed by atoms with Gasteiger partial charge in [0.1, 0.15) is 5.82 Å². The highest BCUT2D eigenvalue weighted by atomic mass is 32.2. The molecule has 1 N–H and O–H groups in total. The summed E-state index contributed by atoms with van der Waals surface area (Å²) in [4.78, 5) is 8.20. The van der Waals surface area contributed by atoms with Crippen LogP contribution in [0.25, 0.3) is 0 Å². The standard InChI is InChI=1S/C20H21F7N4O2S/c1-18(5-2-6-18)16-10-30(34(32,33)20(25,26)27)9-13-15(31(16)8-12-7-28-11-29-12)4-3-14(17(13)21)19(22,23)24/h3-4,7,11,16H,2,5-6,8-10H2,1H3,(H,28,29)/t16-/m0/s1. The minimum Gasteiger partial charge on any atom is -0.360 e. The SMILES string of the molecule is CC1([C@@H]2CN(S(=O)(=O)C(F)(F)F)Cc3c(ccc(C(F)(F)F)c3F)N2Cc2cnc[nH]2)CCC1. The molecule has 188 valence electrons. The van der Waals surface area contributed by atoms with Crippen molar-refractivity contribution in [2.45, 2.75) is 57.0 Å². The van der Waals surface area contributed by atoms with Crippen LogP contribution in [0.4, 0.5) is 36.4 Å². The molecule has 1 aliphatic heterocycles. The number of aromatic nitrogens is 2. The third-order valence-electron chi connectivity index (χ3n) is 6.75. The highest BCUT2D eigenvalue weighted by molar-refractivity contribution is 7.89. The van der Waals surface area contributed by atoms with Crippen molar-refractivity contribution in [3.8, 4) is 0 Å². The number of hydrogen-bond acceptors (Lipinski definition) is 4. The lowest BCUT2D eigenvalue weighted by molar-refractivity contribution is -0.140. The quantitative estimate of drug-likeness (QED) is 0.596. The maximum atomic E-state index is 15.2. The highest BCUT2D eigenvalue weighted by Crippen LogP contribution is 2.50. The summed E-state index contributed by atoms with van der Waals surface area (Å²) in [5.41, 5.74) is -8.38. The van der Waals surface area contributed by atoms with Crippen LogP contribution in [-0.2, 0) is 29.3 Å². The first-order valence-corrected chi connectivity index (χ1v) is 11.8. The van der Waals surface area contributed by atoms with Crippen molar-refractivity contribution in [3.63, 3.8) is 0 Å². The van der Waals surface area contributed by atoms with Gasteiger partial charge in [-0.05, 0) is 30.4 Å². The number of anilines is 1. The number of sulfonamides is 1. The normalized spacial score (nSPS) is 21.6. The highest BCUT2D eigenvalue weighted by Gasteiger charge is 2.54. The van der Waals surface area contributed by atoms with E-state index in [1.165, 1.54) is 17.4 Å². The molecule has 0 unspecified atom stereocenters. The minimum atomic E-state index is -5.95. The van der Waals surface area contributed by atoms with Gasteiger partial charge >= 0.3 is 21.7 Å². The molecule has 0 amide bonds. The summed E-state index contributed by atoms with van der Waals surface area (Å²) in [5.74, 6) is -1.79. The first-order valence-electron chi connectivity index (χ1n) is 10.3. The lowest BCUT2D eigenvalue weighted by atomic mass is 9.65. The van der Waals surface area contributed by atoms with Gasteiger partial charge in [0, 0.05) is 36.6 Å². The van der Waals surface area contributed by atoms with Crippen LogP contribution in [0.2, 0.25) is 0 Å². The van der Waals surface area contributed by atoms with Gasteiger partial charge in [0.2, 0.25) is 0 Å². The van der Waals surface area contributed by atoms with Gasteiger partial charge in [0.25, 0.3) is 0 Å². The topological polar surface area (TPSA) is 69.3 Å². The third kappa shape index (κ3) is 4.14. The van der Waals surface area contributed by atoms with Gasteiger partial charge in [-0.1, -0.05) is 13.3 Å². The Bertz CT molecular complexity index is 1160. The van der Waals surface area contributed by atoms with Crippen LogP contribution >= 0.6 is 0 Å². The smallest absolute Gasteiger partial charge is 0.360 e. The molecule has 1 atom stereocenters. The van der Waals surface area contributed by atoms with Crippen molar-refractivity contribution < 1.29 is 39.2 Å². The Balaban J connectivity index is 1.94. The Hall–Kier alpha value is -2.35. The molecule has 0 spiro atoms. The van der Waals surface area contributed by atoms with Crippen LogP contribution in [0.1, 0.15) is 43.0 Å². The molecule has 1 saturated carbocycles. The minimum absolute atomic E-state index is 0.0437. The molecule has 2 aliphatic rings. The maximum absolute atomic E-state index is 15.2. The number of imidazole rings is 1. The molecular formula is C20H21F7N4O2S. The molecule has 0 saturated heterocycles. The number of alkyl halides is 6. The van der Waals surface area contributed by atoms with Crippen molar-refractivity contribution in [1.29, 1.82) is 0 Å². The van der Waals surface area contributed by atoms with Gasteiger partial charge < -0.3 is 9.88 Å². The lowest BCUT2D eigenvalue weighted by Gasteiger charge is -2.50. The molecule has 0 radical (unpaired) electrons. The predicted molar refractivity (Wildman–Crippen MR) is 107 cm³/mol. The summed E-state index contributed by atoms with van der Waals surface area (Å²) < 4.78 is 121. The third-order valence-corrected chi connectivity index (χ3v) is 8.29. The summed E-state index contributed by atoms with van der Waals surface area (Å²) in [7, 11) is -5.95. The number of fused-ring (bicyclic) bond motifs is 1. The van der Waals surface area contributed by atoms with Gasteiger partial charge in [0.05, 0.1) is 24.1 Å². The molecule has 1 aromatic carbocycles. The average molecular weight is 514 g/mol. The van der Waals surface area contributed by atoms with Crippen molar-refractivity contribution in [3.05, 3.63) is 47.3 Å². The molecule has 14 heteroatoms. The van der Waals surface area contributed by atoms with Crippen molar-refractivity contribution in [2.75, 3.05) is 11.4 Å². The lowest BCUT2D eigenvalue weighted by Crippen LogP contribution is -2.55. The van der Waals surface area contributed by atoms with Gasteiger partial charge in [-0.2, -0.15) is 30.6 Å². The summed E-state index contributed by atoms with van der Waals surface area (Å²) in [6.07, 6.45) is -0.458. The molecule has 1 fully saturated rings. The van der Waals surface area contributed by atoms with E-state index in [9.17, 15) is 34.8 Å². The molecule has 2 heterocycles. The number of H-pyrrole nitrogens is 1. The van der Waals surface area contributed by atoms with Gasteiger partial charge in [-0.25, -0.2) is 17.8 Å². The second kappa shape index (κ2) is 8.11. The van der Waals surface area contributed by atoms with Crippen LogP contribution in [0.3, 0.4) is 0 Å². The summed E-state index contributed by atoms with van der Waals surface area (Å²) in [5, 5.41) is 0. The monoisotopic (exact) mass is 514 g/mol. The second-order valence-electron chi connectivity index (χ2n) is 8.89. The fraction of sp³-hybridized carbons (Fsp3) is 0.550. The largest absolute Gasteiger partial charge is 0.511 e. The Kier molecular flexibility index (Phi) is 5.91. The van der Waals surface area contributed by atoms with E-state index in [1.54, 1.807) is 6.92 Å². The number of nitrogens with one attached hydrogen (secondary N) is 1. The van der Waals surface area contributed by atoms with Crippen LogP contribution in [0.15, 0.2) is 24.7 Å². The van der Waals surface area contributed by atoms with Crippen molar-refractivity contribution in [1.82, 2.24) is 14.3 Å². The second-order valence-corrected chi connectivity index (χ2v) is 10.8. The van der Waals surface area contributed by atoms with Crippen LogP contribution in [0, 0.1) is 11.2 Å². The predicted octanol–water partition coefficient (Wildman–Crippen LogP) is 4.80. The fourth-order valence-corrected chi connectivity index (χ4v) is 5.62. The molecular weight excluding hydrogens is 493 g/mol. The summed E-state index contributed by atoms with van der Waals surface area (Å²) in [6, 6.07) is 0.664. The number of hydrogen-bond donors (Lipinski definition) is 1. The molecule has 1 aliphatic carbocycles. The Morgan fingerprint density at radius 2 is 1.85 bits per heavy atom. The number of rotatable bonds is 4. The van der Waals surface area contributed by atoms with Gasteiger partial charge in [0.15, 0.2) is 0 Å². The number of nitrogens with zero attached hydrogens (tertiary/aromatic N) is 3. The zero-order valence-corrected chi connectivity index (χ0v) is 18.7. The zero-order valence-electron chi connectivity index (χ0n) is 17.8. The van der Waals surface area contributed by atoms with Crippen LogP contribution < -0.4 is 4.90 Å². The van der Waals surface area contributed by atoms with E-state index in [4.69, 9.17) is 0 Å². The number of benzene rings is 1.